The zero-order valence-corrected chi connectivity index (χ0v) is 12.7. The van der Waals surface area contributed by atoms with Gasteiger partial charge in [-0.25, -0.2) is 9.59 Å². The second-order valence-corrected chi connectivity index (χ2v) is 4.84. The van der Waals surface area contributed by atoms with Gasteiger partial charge in [0.15, 0.2) is 0 Å². The van der Waals surface area contributed by atoms with Crippen LogP contribution >= 0.6 is 0 Å². The smallest absolute Gasteiger partial charge is 0.338 e. The highest BCUT2D eigenvalue weighted by Crippen LogP contribution is 2.12. The third kappa shape index (κ3) is 5.45. The van der Waals surface area contributed by atoms with Crippen LogP contribution in [0.2, 0.25) is 0 Å². The number of hydrogen-bond acceptors (Lipinski definition) is 4. The zero-order valence-electron chi connectivity index (χ0n) is 12.7. The van der Waals surface area contributed by atoms with Crippen molar-refractivity contribution in [1.29, 1.82) is 0 Å². The number of carbonyl (C=O) groups excluding carboxylic acids is 2. The molecule has 7 nitrogen and oxygen atoms in total. The zero-order chi connectivity index (χ0) is 17.4. The fourth-order valence-electron chi connectivity index (χ4n) is 1.86. The average Bonchev–Trinajstić information content (AvgIpc) is 2.59. The van der Waals surface area contributed by atoms with Crippen LogP contribution in [0.1, 0.15) is 15.9 Å². The van der Waals surface area contributed by atoms with Crippen molar-refractivity contribution in [2.24, 2.45) is 0 Å². The lowest BCUT2D eigenvalue weighted by Crippen LogP contribution is -2.33. The first kappa shape index (κ1) is 17.0. The number of carboxylic acids is 1. The number of carbonyl (C=O) groups is 3. The first-order valence-corrected chi connectivity index (χ1v) is 7.12. The largest absolute Gasteiger partial charge is 0.480 e. The van der Waals surface area contributed by atoms with Gasteiger partial charge in [0, 0.05) is 5.69 Å². The molecule has 0 heterocycles. The van der Waals surface area contributed by atoms with Gasteiger partial charge in [0.05, 0.1) is 5.56 Å². The number of carboxylic acid groups (broad SMARTS) is 1. The highest BCUT2D eigenvalue weighted by atomic mass is 16.5. The maximum Gasteiger partial charge on any atom is 0.338 e. The maximum absolute atomic E-state index is 12.0. The molecule has 2 aromatic rings. The van der Waals surface area contributed by atoms with Crippen LogP contribution < -0.4 is 10.6 Å². The monoisotopic (exact) mass is 328 g/mol. The summed E-state index contributed by atoms with van der Waals surface area (Å²) < 4.78 is 5.21. The molecule has 124 valence electrons. The first-order chi connectivity index (χ1) is 11.5. The Kier molecular flexibility index (Phi) is 5.90. The summed E-state index contributed by atoms with van der Waals surface area (Å²) in [7, 11) is 0. The number of nitrogens with one attached hydrogen (secondary N) is 2. The Hall–Kier alpha value is -3.35. The molecular weight excluding hydrogens is 312 g/mol. The summed E-state index contributed by atoms with van der Waals surface area (Å²) in [6, 6.07) is 14.8. The van der Waals surface area contributed by atoms with Gasteiger partial charge in [-0.2, -0.15) is 0 Å². The van der Waals surface area contributed by atoms with Crippen molar-refractivity contribution in [2.45, 2.75) is 6.61 Å². The molecular formula is C17H16N2O5. The quantitative estimate of drug-likeness (QED) is 0.705. The van der Waals surface area contributed by atoms with Crippen LogP contribution in [0.25, 0.3) is 0 Å². The number of anilines is 1. The summed E-state index contributed by atoms with van der Waals surface area (Å²) in [5.41, 5.74) is 1.50. The molecule has 3 N–H and O–H groups in total. The van der Waals surface area contributed by atoms with E-state index in [1.807, 2.05) is 30.3 Å². The number of esters is 1. The Morgan fingerprint density at radius 2 is 1.75 bits per heavy atom. The number of benzene rings is 2. The number of rotatable bonds is 6. The Morgan fingerprint density at radius 1 is 1.00 bits per heavy atom. The van der Waals surface area contributed by atoms with E-state index in [9.17, 15) is 14.4 Å². The summed E-state index contributed by atoms with van der Waals surface area (Å²) >= 11 is 0. The van der Waals surface area contributed by atoms with E-state index in [0.717, 1.165) is 5.56 Å². The molecule has 0 saturated carbocycles. The number of ether oxygens (including phenoxy) is 1. The Labute approximate surface area is 138 Å². The summed E-state index contributed by atoms with van der Waals surface area (Å²) in [5, 5.41) is 13.1. The fourth-order valence-corrected chi connectivity index (χ4v) is 1.86. The lowest BCUT2D eigenvalue weighted by Gasteiger charge is -2.08. The van der Waals surface area contributed by atoms with Crippen LogP contribution in [0.4, 0.5) is 10.5 Å². The molecule has 2 rings (SSSR count). The van der Waals surface area contributed by atoms with Gasteiger partial charge in [-0.3, -0.25) is 4.79 Å². The van der Waals surface area contributed by atoms with Gasteiger partial charge < -0.3 is 20.5 Å². The van der Waals surface area contributed by atoms with E-state index in [4.69, 9.17) is 9.84 Å². The Balaban J connectivity index is 1.92. The minimum Gasteiger partial charge on any atom is -0.480 e. The molecule has 0 aliphatic heterocycles. The molecule has 0 saturated heterocycles. The topological polar surface area (TPSA) is 105 Å². The molecule has 7 heteroatoms. The minimum absolute atomic E-state index is 0.149. The molecule has 0 radical (unpaired) electrons. The molecule has 0 fully saturated rings. The van der Waals surface area contributed by atoms with Gasteiger partial charge in [0.25, 0.3) is 0 Å². The summed E-state index contributed by atoms with van der Waals surface area (Å²) in [6.45, 7) is -0.346. The van der Waals surface area contributed by atoms with E-state index in [1.165, 1.54) is 6.07 Å². The van der Waals surface area contributed by atoms with Gasteiger partial charge >= 0.3 is 18.0 Å². The lowest BCUT2D eigenvalue weighted by atomic mass is 10.2. The third-order valence-electron chi connectivity index (χ3n) is 2.97. The van der Waals surface area contributed by atoms with E-state index < -0.39 is 24.5 Å². The highest BCUT2D eigenvalue weighted by molar-refractivity contribution is 5.94. The molecule has 2 aromatic carbocycles. The van der Waals surface area contributed by atoms with Crippen molar-refractivity contribution in [2.75, 3.05) is 11.9 Å². The lowest BCUT2D eigenvalue weighted by molar-refractivity contribution is -0.135. The predicted molar refractivity (Wildman–Crippen MR) is 86.7 cm³/mol. The van der Waals surface area contributed by atoms with Crippen LogP contribution in [0.3, 0.4) is 0 Å². The summed E-state index contributed by atoms with van der Waals surface area (Å²) in [5.74, 6) is -1.67. The maximum atomic E-state index is 12.0. The SMILES string of the molecule is O=C(O)CNC(=O)Nc1cccc(C(=O)OCc2ccccc2)c1. The molecule has 0 aromatic heterocycles. The Morgan fingerprint density at radius 3 is 2.46 bits per heavy atom. The van der Waals surface area contributed by atoms with E-state index in [0.29, 0.717) is 5.69 Å². The van der Waals surface area contributed by atoms with Crippen molar-refractivity contribution in [1.82, 2.24) is 5.32 Å². The van der Waals surface area contributed by atoms with E-state index >= 15 is 0 Å². The van der Waals surface area contributed by atoms with Crippen molar-refractivity contribution < 1.29 is 24.2 Å². The predicted octanol–water partition coefficient (Wildman–Crippen LogP) is 2.25. The van der Waals surface area contributed by atoms with Gasteiger partial charge in [0.2, 0.25) is 0 Å². The molecule has 0 atom stereocenters. The molecule has 0 aliphatic carbocycles. The number of urea groups is 1. The summed E-state index contributed by atoms with van der Waals surface area (Å²) in [6.07, 6.45) is 0. The van der Waals surface area contributed by atoms with Crippen LogP contribution in [0.15, 0.2) is 54.6 Å². The third-order valence-corrected chi connectivity index (χ3v) is 2.97. The van der Waals surface area contributed by atoms with Crippen LogP contribution in [0, 0.1) is 0 Å². The molecule has 24 heavy (non-hydrogen) atoms. The second-order valence-electron chi connectivity index (χ2n) is 4.84. The number of amides is 2. The van der Waals surface area contributed by atoms with E-state index in [2.05, 4.69) is 10.6 Å². The van der Waals surface area contributed by atoms with Gasteiger partial charge in [0.1, 0.15) is 13.2 Å². The van der Waals surface area contributed by atoms with Crippen molar-refractivity contribution in [3.05, 3.63) is 65.7 Å². The molecule has 0 unspecified atom stereocenters. The van der Waals surface area contributed by atoms with E-state index in [1.54, 1.807) is 18.2 Å². The molecule has 0 aliphatic rings. The number of hydrogen-bond donors (Lipinski definition) is 3. The van der Waals surface area contributed by atoms with E-state index in [-0.39, 0.29) is 12.2 Å². The van der Waals surface area contributed by atoms with Crippen molar-refractivity contribution >= 4 is 23.7 Å². The second kappa shape index (κ2) is 8.33. The summed E-state index contributed by atoms with van der Waals surface area (Å²) in [4.78, 5) is 33.9. The van der Waals surface area contributed by atoms with Crippen molar-refractivity contribution in [3.63, 3.8) is 0 Å². The number of aliphatic carboxylic acids is 1. The molecule has 2 amide bonds. The van der Waals surface area contributed by atoms with Gasteiger partial charge in [-0.05, 0) is 23.8 Å². The average molecular weight is 328 g/mol. The Bertz CT molecular complexity index is 731. The molecule has 0 spiro atoms. The minimum atomic E-state index is -1.15. The van der Waals surface area contributed by atoms with Gasteiger partial charge in [-0.1, -0.05) is 36.4 Å². The van der Waals surface area contributed by atoms with Crippen LogP contribution in [-0.4, -0.2) is 29.6 Å². The highest BCUT2D eigenvalue weighted by Gasteiger charge is 2.10. The normalized spacial score (nSPS) is 9.83. The van der Waals surface area contributed by atoms with Crippen molar-refractivity contribution in [3.8, 4) is 0 Å². The van der Waals surface area contributed by atoms with Crippen LogP contribution in [-0.2, 0) is 16.1 Å². The van der Waals surface area contributed by atoms with Gasteiger partial charge in [-0.15, -0.1) is 0 Å². The molecule has 0 bridgehead atoms. The fraction of sp³-hybridized carbons (Fsp3) is 0.118. The van der Waals surface area contributed by atoms with Crippen LogP contribution in [0.5, 0.6) is 0 Å². The standard InChI is InChI=1S/C17H16N2O5/c20-15(21)10-18-17(23)19-14-8-4-7-13(9-14)16(22)24-11-12-5-2-1-3-6-12/h1-9H,10-11H2,(H,20,21)(H2,18,19,23). The first-order valence-electron chi connectivity index (χ1n) is 7.12.